The van der Waals surface area contributed by atoms with E-state index >= 15 is 0 Å². The summed E-state index contributed by atoms with van der Waals surface area (Å²) in [5.41, 5.74) is -0.582. The van der Waals surface area contributed by atoms with Crippen LogP contribution in [0.3, 0.4) is 0 Å². The topological polar surface area (TPSA) is 63.2 Å². The highest BCUT2D eigenvalue weighted by atomic mass is 16.2. The highest BCUT2D eigenvalue weighted by Crippen LogP contribution is 2.62. The van der Waals surface area contributed by atoms with E-state index in [0.717, 1.165) is 5.56 Å². The van der Waals surface area contributed by atoms with E-state index in [2.05, 4.69) is 5.32 Å². The van der Waals surface area contributed by atoms with Gasteiger partial charge in [0.1, 0.15) is 5.41 Å². The minimum Gasteiger partial charge on any atom is -0.355 e. The molecule has 0 aliphatic heterocycles. The summed E-state index contributed by atoms with van der Waals surface area (Å²) >= 11 is 0. The molecule has 1 N–H and O–H groups in total. The van der Waals surface area contributed by atoms with Crippen molar-refractivity contribution < 1.29 is 14.4 Å². The van der Waals surface area contributed by atoms with E-state index in [-0.39, 0.29) is 17.6 Å². The third-order valence-corrected chi connectivity index (χ3v) is 5.64. The van der Waals surface area contributed by atoms with Crippen LogP contribution >= 0.6 is 0 Å². The third kappa shape index (κ3) is 1.86. The molecule has 0 heterocycles. The number of hydrogen-bond donors (Lipinski definition) is 1. The summed E-state index contributed by atoms with van der Waals surface area (Å²) in [6, 6.07) is 9.87. The molecular weight excluding hydrogens is 278 g/mol. The van der Waals surface area contributed by atoms with Crippen LogP contribution in [0.2, 0.25) is 0 Å². The van der Waals surface area contributed by atoms with Crippen molar-refractivity contribution in [2.24, 2.45) is 16.7 Å². The highest BCUT2D eigenvalue weighted by Gasteiger charge is 2.72. The van der Waals surface area contributed by atoms with Crippen LogP contribution in [0.25, 0.3) is 0 Å². The molecule has 1 aromatic carbocycles. The lowest BCUT2D eigenvalue weighted by Gasteiger charge is -2.33. The summed E-state index contributed by atoms with van der Waals surface area (Å²) in [6.07, 6.45) is 1.85. The molecule has 1 aromatic rings. The largest absolute Gasteiger partial charge is 0.355 e. The first-order valence-electron chi connectivity index (χ1n) is 7.82. The predicted molar refractivity (Wildman–Crippen MR) is 82.1 cm³/mol. The molecule has 4 heteroatoms. The minimum atomic E-state index is -1.15. The van der Waals surface area contributed by atoms with Gasteiger partial charge in [-0.15, -0.1) is 0 Å². The van der Waals surface area contributed by atoms with E-state index in [1.54, 1.807) is 0 Å². The normalized spacial score (nSPS) is 28.9. The summed E-state index contributed by atoms with van der Waals surface area (Å²) in [5.74, 6) is -1.40. The van der Waals surface area contributed by atoms with Gasteiger partial charge in [0, 0.05) is 12.5 Å². The highest BCUT2D eigenvalue weighted by molar-refractivity contribution is 6.47. The van der Waals surface area contributed by atoms with Crippen molar-refractivity contribution in [1.82, 2.24) is 5.32 Å². The van der Waals surface area contributed by atoms with Crippen molar-refractivity contribution in [3.8, 4) is 0 Å². The number of hydrogen-bond acceptors (Lipinski definition) is 3. The summed E-state index contributed by atoms with van der Waals surface area (Å²) < 4.78 is 0. The Hall–Kier alpha value is -1.97. The van der Waals surface area contributed by atoms with Gasteiger partial charge in [-0.25, -0.2) is 0 Å². The second-order valence-corrected chi connectivity index (χ2v) is 6.90. The van der Waals surface area contributed by atoms with Crippen LogP contribution in [-0.2, 0) is 20.8 Å². The maximum Gasteiger partial charge on any atom is 0.234 e. The van der Waals surface area contributed by atoms with Crippen molar-refractivity contribution in [3.05, 3.63) is 35.9 Å². The van der Waals surface area contributed by atoms with Gasteiger partial charge in [0.15, 0.2) is 0 Å². The Bertz CT molecular complexity index is 635. The van der Waals surface area contributed by atoms with Gasteiger partial charge in [-0.2, -0.15) is 0 Å². The van der Waals surface area contributed by atoms with Crippen LogP contribution in [-0.4, -0.2) is 24.0 Å². The Morgan fingerprint density at radius 1 is 1.23 bits per heavy atom. The predicted octanol–water partition coefficient (Wildman–Crippen LogP) is 1.92. The first-order valence-corrected chi connectivity index (χ1v) is 7.82. The number of Topliss-reactive ketones (excluding diaryl/α,β-unsaturated/α-hetero) is 2. The van der Waals surface area contributed by atoms with Gasteiger partial charge in [0.2, 0.25) is 17.5 Å². The number of rotatable bonds is 4. The fourth-order valence-corrected chi connectivity index (χ4v) is 4.20. The van der Waals surface area contributed by atoms with Crippen molar-refractivity contribution in [3.63, 3.8) is 0 Å². The molecule has 116 valence electrons. The molecule has 2 saturated carbocycles. The molecule has 2 atom stereocenters. The number of fused-ring (bicyclic) bond motifs is 2. The second kappa shape index (κ2) is 5.04. The van der Waals surface area contributed by atoms with Crippen LogP contribution in [0.5, 0.6) is 0 Å². The first-order chi connectivity index (χ1) is 10.4. The van der Waals surface area contributed by atoms with E-state index in [0.29, 0.717) is 25.8 Å². The number of carbonyl (C=O) groups excluding carboxylic acids is 3. The Morgan fingerprint density at radius 2 is 1.91 bits per heavy atom. The van der Waals surface area contributed by atoms with E-state index in [1.807, 2.05) is 44.2 Å². The lowest BCUT2D eigenvalue weighted by molar-refractivity contribution is -0.149. The molecule has 1 amide bonds. The van der Waals surface area contributed by atoms with E-state index < -0.39 is 16.6 Å². The van der Waals surface area contributed by atoms with Gasteiger partial charge in [-0.05, 0) is 30.2 Å². The Labute approximate surface area is 130 Å². The first kappa shape index (κ1) is 14.9. The van der Waals surface area contributed by atoms with Crippen molar-refractivity contribution in [2.75, 3.05) is 6.54 Å². The lowest BCUT2D eigenvalue weighted by atomic mass is 9.68. The average molecular weight is 299 g/mol. The Balaban J connectivity index is 1.72. The molecule has 4 nitrogen and oxygen atoms in total. The molecule has 2 fully saturated rings. The van der Waals surface area contributed by atoms with Crippen LogP contribution in [0, 0.1) is 16.7 Å². The van der Waals surface area contributed by atoms with Crippen LogP contribution in [0.1, 0.15) is 32.3 Å². The molecule has 2 unspecified atom stereocenters. The number of ketones is 2. The van der Waals surface area contributed by atoms with Crippen molar-refractivity contribution in [2.45, 2.75) is 33.1 Å². The van der Waals surface area contributed by atoms with Gasteiger partial charge < -0.3 is 5.32 Å². The zero-order valence-corrected chi connectivity index (χ0v) is 13.0. The van der Waals surface area contributed by atoms with E-state index in [4.69, 9.17) is 0 Å². The number of benzene rings is 1. The summed E-state index contributed by atoms with van der Waals surface area (Å²) in [6.45, 7) is 4.24. The summed E-state index contributed by atoms with van der Waals surface area (Å²) in [5, 5.41) is 2.89. The zero-order chi connectivity index (χ0) is 16.0. The SMILES string of the molecule is CC1(C)C2CCC1(C(=O)NCCc1ccccc1)C(=O)C2=O. The van der Waals surface area contributed by atoms with Gasteiger partial charge in [-0.3, -0.25) is 14.4 Å². The van der Waals surface area contributed by atoms with Crippen molar-refractivity contribution in [1.29, 1.82) is 0 Å². The maximum atomic E-state index is 12.7. The zero-order valence-electron chi connectivity index (χ0n) is 13.0. The third-order valence-electron chi connectivity index (χ3n) is 5.64. The van der Waals surface area contributed by atoms with Gasteiger partial charge in [0.05, 0.1) is 0 Å². The lowest BCUT2D eigenvalue weighted by Crippen LogP contribution is -2.50. The van der Waals surface area contributed by atoms with Gasteiger partial charge in [-0.1, -0.05) is 44.2 Å². The molecule has 0 spiro atoms. The Morgan fingerprint density at radius 3 is 2.50 bits per heavy atom. The summed E-state index contributed by atoms with van der Waals surface area (Å²) in [7, 11) is 0. The molecule has 0 aromatic heterocycles. The number of carbonyl (C=O) groups is 3. The average Bonchev–Trinajstić information content (AvgIpc) is 2.85. The molecule has 2 aliphatic carbocycles. The quantitative estimate of drug-likeness (QED) is 0.682. The molecule has 22 heavy (non-hydrogen) atoms. The van der Waals surface area contributed by atoms with E-state index in [1.165, 1.54) is 0 Å². The van der Waals surface area contributed by atoms with Gasteiger partial charge >= 0.3 is 0 Å². The van der Waals surface area contributed by atoms with Crippen LogP contribution in [0.15, 0.2) is 30.3 Å². The number of amides is 1. The standard InChI is InChI=1S/C18H21NO3/c1-17(2)13-8-10-18(17,15(21)14(13)20)16(22)19-11-9-12-6-4-3-5-7-12/h3-7,13H,8-11H2,1-2H3,(H,19,22). The molecule has 3 rings (SSSR count). The fourth-order valence-electron chi connectivity index (χ4n) is 4.20. The molecule has 2 aliphatic rings. The fraction of sp³-hybridized carbons (Fsp3) is 0.500. The van der Waals surface area contributed by atoms with Gasteiger partial charge in [0.25, 0.3) is 0 Å². The Kier molecular flexibility index (Phi) is 3.42. The molecule has 2 bridgehead atoms. The smallest absolute Gasteiger partial charge is 0.234 e. The minimum absolute atomic E-state index is 0.271. The summed E-state index contributed by atoms with van der Waals surface area (Å²) in [4.78, 5) is 37.1. The molecule has 0 radical (unpaired) electrons. The van der Waals surface area contributed by atoms with Crippen LogP contribution in [0.4, 0.5) is 0 Å². The monoisotopic (exact) mass is 299 g/mol. The van der Waals surface area contributed by atoms with E-state index in [9.17, 15) is 14.4 Å². The van der Waals surface area contributed by atoms with Crippen molar-refractivity contribution >= 4 is 17.5 Å². The molecular formula is C18H21NO3. The molecule has 0 saturated heterocycles. The number of nitrogens with one attached hydrogen (secondary N) is 1. The maximum absolute atomic E-state index is 12.7. The second-order valence-electron chi connectivity index (χ2n) is 6.90. The van der Waals surface area contributed by atoms with Crippen LogP contribution < -0.4 is 5.32 Å².